The molecule has 0 spiro atoms. The van der Waals surface area contributed by atoms with Crippen molar-refractivity contribution in [1.29, 1.82) is 0 Å². The molecule has 1 aromatic carbocycles. The van der Waals surface area contributed by atoms with E-state index in [0.717, 1.165) is 6.42 Å². The molecular formula is C16H23NO3S. The molecule has 4 nitrogen and oxygen atoms in total. The van der Waals surface area contributed by atoms with E-state index in [-0.39, 0.29) is 10.7 Å². The Labute approximate surface area is 127 Å². The van der Waals surface area contributed by atoms with Crippen molar-refractivity contribution in [3.8, 4) is 0 Å². The molecule has 5 heteroatoms. The molecule has 1 saturated heterocycles. The Bertz CT molecular complexity index is 614. The summed E-state index contributed by atoms with van der Waals surface area (Å²) >= 11 is 0. The van der Waals surface area contributed by atoms with Crippen LogP contribution in [0.3, 0.4) is 0 Å². The summed E-state index contributed by atoms with van der Waals surface area (Å²) in [6, 6.07) is 6.40. The van der Waals surface area contributed by atoms with Crippen molar-refractivity contribution in [2.75, 3.05) is 13.1 Å². The van der Waals surface area contributed by atoms with Crippen molar-refractivity contribution >= 4 is 15.8 Å². The first-order valence-electron chi connectivity index (χ1n) is 7.48. The zero-order chi connectivity index (χ0) is 15.6. The van der Waals surface area contributed by atoms with E-state index in [0.29, 0.717) is 36.9 Å². The van der Waals surface area contributed by atoms with Crippen LogP contribution in [0.1, 0.15) is 44.0 Å². The van der Waals surface area contributed by atoms with Gasteiger partial charge in [-0.1, -0.05) is 32.9 Å². The predicted octanol–water partition coefficient (Wildman–Crippen LogP) is 2.95. The van der Waals surface area contributed by atoms with Gasteiger partial charge in [0.05, 0.1) is 4.90 Å². The number of carbonyl (C=O) groups is 1. The molecule has 1 aliphatic rings. The van der Waals surface area contributed by atoms with Crippen molar-refractivity contribution in [3.63, 3.8) is 0 Å². The molecule has 1 aliphatic heterocycles. The van der Waals surface area contributed by atoms with E-state index in [1.54, 1.807) is 29.4 Å². The van der Waals surface area contributed by atoms with Gasteiger partial charge in [0.15, 0.2) is 5.78 Å². The van der Waals surface area contributed by atoms with Crippen LogP contribution in [-0.2, 0) is 10.0 Å². The Morgan fingerprint density at radius 3 is 2.43 bits per heavy atom. The van der Waals surface area contributed by atoms with Crippen LogP contribution in [0.4, 0.5) is 0 Å². The van der Waals surface area contributed by atoms with E-state index in [1.807, 2.05) is 0 Å². The van der Waals surface area contributed by atoms with Crippen LogP contribution in [-0.4, -0.2) is 31.6 Å². The van der Waals surface area contributed by atoms with Crippen LogP contribution in [0, 0.1) is 11.8 Å². The molecule has 0 N–H and O–H groups in total. The van der Waals surface area contributed by atoms with Crippen LogP contribution in [0.5, 0.6) is 0 Å². The Morgan fingerprint density at radius 1 is 1.24 bits per heavy atom. The Kier molecular flexibility index (Phi) is 4.84. The number of sulfonamides is 1. The van der Waals surface area contributed by atoms with Gasteiger partial charge < -0.3 is 0 Å². The summed E-state index contributed by atoms with van der Waals surface area (Å²) in [7, 11) is -3.51. The average molecular weight is 309 g/mol. The minimum atomic E-state index is -3.51. The first kappa shape index (κ1) is 16.2. The molecule has 1 aromatic rings. The van der Waals surface area contributed by atoms with Crippen LogP contribution in [0.25, 0.3) is 0 Å². The van der Waals surface area contributed by atoms with Crippen LogP contribution < -0.4 is 0 Å². The topological polar surface area (TPSA) is 54.5 Å². The molecule has 0 saturated carbocycles. The first-order valence-corrected chi connectivity index (χ1v) is 8.92. The van der Waals surface area contributed by atoms with Crippen LogP contribution in [0.15, 0.2) is 29.2 Å². The van der Waals surface area contributed by atoms with E-state index in [4.69, 9.17) is 0 Å². The second-order valence-corrected chi connectivity index (χ2v) is 8.01. The van der Waals surface area contributed by atoms with Gasteiger partial charge in [0, 0.05) is 25.1 Å². The normalized spacial score (nSPS) is 24.0. The Balaban J connectivity index is 2.33. The Morgan fingerprint density at radius 2 is 1.86 bits per heavy atom. The van der Waals surface area contributed by atoms with Gasteiger partial charge in [-0.25, -0.2) is 8.42 Å². The van der Waals surface area contributed by atoms with E-state index in [9.17, 15) is 13.2 Å². The third-order valence-corrected chi connectivity index (χ3v) is 5.78. The lowest BCUT2D eigenvalue weighted by Crippen LogP contribution is -2.42. The third-order valence-electron chi connectivity index (χ3n) is 3.95. The van der Waals surface area contributed by atoms with Gasteiger partial charge in [0.2, 0.25) is 10.0 Å². The summed E-state index contributed by atoms with van der Waals surface area (Å²) in [6.07, 6.45) is 1.43. The molecule has 0 aromatic heterocycles. The number of benzene rings is 1. The predicted molar refractivity (Wildman–Crippen MR) is 82.8 cm³/mol. The van der Waals surface area contributed by atoms with Crippen molar-refractivity contribution < 1.29 is 13.2 Å². The number of hydrogen-bond acceptors (Lipinski definition) is 3. The van der Waals surface area contributed by atoms with Crippen molar-refractivity contribution in [2.45, 2.75) is 38.5 Å². The lowest BCUT2D eigenvalue weighted by Gasteiger charge is -2.34. The highest BCUT2D eigenvalue weighted by molar-refractivity contribution is 7.89. The van der Waals surface area contributed by atoms with E-state index in [2.05, 4.69) is 13.8 Å². The first-order chi connectivity index (χ1) is 9.84. The second-order valence-electron chi connectivity index (χ2n) is 6.07. The highest BCUT2D eigenvalue weighted by atomic mass is 32.2. The lowest BCUT2D eigenvalue weighted by atomic mass is 9.94. The lowest BCUT2D eigenvalue weighted by molar-refractivity contribution is 0.0988. The molecule has 0 aliphatic carbocycles. The summed E-state index contributed by atoms with van der Waals surface area (Å²) in [5.74, 6) is 0.695. The minimum absolute atomic E-state index is 0.0348. The fourth-order valence-corrected chi connectivity index (χ4v) is 4.71. The summed E-state index contributed by atoms with van der Waals surface area (Å²) < 4.78 is 27.1. The number of piperidine rings is 1. The second kappa shape index (κ2) is 6.28. The fourth-order valence-electron chi connectivity index (χ4n) is 2.99. The van der Waals surface area contributed by atoms with Crippen molar-refractivity contribution in [3.05, 3.63) is 29.8 Å². The quantitative estimate of drug-likeness (QED) is 0.804. The number of rotatable bonds is 4. The highest BCUT2D eigenvalue weighted by Gasteiger charge is 2.31. The molecule has 116 valence electrons. The summed E-state index contributed by atoms with van der Waals surface area (Å²) in [4.78, 5) is 12.0. The maximum atomic E-state index is 12.8. The molecule has 0 amide bonds. The number of Topliss-reactive ketones (excluding diaryl/α,β-unsaturated/α-hetero) is 1. The van der Waals surface area contributed by atoms with Crippen LogP contribution in [0.2, 0.25) is 0 Å². The summed E-state index contributed by atoms with van der Waals surface area (Å²) in [5, 5.41) is 0. The molecule has 2 unspecified atom stereocenters. The fraction of sp³-hybridized carbons (Fsp3) is 0.562. The maximum Gasteiger partial charge on any atom is 0.243 e. The molecular weight excluding hydrogens is 286 g/mol. The average Bonchev–Trinajstić information content (AvgIpc) is 2.45. The zero-order valence-corrected chi connectivity index (χ0v) is 13.7. The number of nitrogens with zero attached hydrogens (tertiary/aromatic N) is 1. The van der Waals surface area contributed by atoms with Gasteiger partial charge >= 0.3 is 0 Å². The SMILES string of the molecule is CCC(=O)c1cccc(S(=O)(=O)N2CC(C)CC(C)C2)c1. The third kappa shape index (κ3) is 3.52. The van der Waals surface area contributed by atoms with Gasteiger partial charge in [-0.05, 0) is 30.4 Å². The molecule has 2 atom stereocenters. The monoisotopic (exact) mass is 309 g/mol. The number of carbonyl (C=O) groups excluding carboxylic acids is 1. The Hall–Kier alpha value is -1.20. The molecule has 1 heterocycles. The molecule has 21 heavy (non-hydrogen) atoms. The minimum Gasteiger partial charge on any atom is -0.294 e. The number of hydrogen-bond donors (Lipinski definition) is 0. The maximum absolute atomic E-state index is 12.8. The molecule has 2 rings (SSSR count). The number of ketones is 1. The van der Waals surface area contributed by atoms with E-state index < -0.39 is 10.0 Å². The van der Waals surface area contributed by atoms with E-state index >= 15 is 0 Å². The van der Waals surface area contributed by atoms with E-state index in [1.165, 1.54) is 6.07 Å². The van der Waals surface area contributed by atoms with Gasteiger partial charge in [-0.15, -0.1) is 0 Å². The molecule has 0 bridgehead atoms. The summed E-state index contributed by atoms with van der Waals surface area (Å²) in [6.45, 7) is 7.04. The van der Waals surface area contributed by atoms with Crippen LogP contribution >= 0.6 is 0 Å². The zero-order valence-electron chi connectivity index (χ0n) is 12.9. The van der Waals surface area contributed by atoms with Gasteiger partial charge in [-0.3, -0.25) is 4.79 Å². The standard InChI is InChI=1S/C16H23NO3S/c1-4-16(18)14-6-5-7-15(9-14)21(19,20)17-10-12(2)8-13(3)11-17/h5-7,9,12-13H,4,8,10-11H2,1-3H3. The van der Waals surface area contributed by atoms with Gasteiger partial charge in [-0.2, -0.15) is 4.31 Å². The van der Waals surface area contributed by atoms with Crippen molar-refractivity contribution in [2.24, 2.45) is 11.8 Å². The van der Waals surface area contributed by atoms with Gasteiger partial charge in [0.25, 0.3) is 0 Å². The van der Waals surface area contributed by atoms with Crippen molar-refractivity contribution in [1.82, 2.24) is 4.31 Å². The summed E-state index contributed by atoms with van der Waals surface area (Å²) in [5.41, 5.74) is 0.469. The highest BCUT2D eigenvalue weighted by Crippen LogP contribution is 2.27. The smallest absolute Gasteiger partial charge is 0.243 e. The molecule has 1 fully saturated rings. The largest absolute Gasteiger partial charge is 0.294 e. The molecule has 0 radical (unpaired) electrons. The van der Waals surface area contributed by atoms with Gasteiger partial charge in [0.1, 0.15) is 0 Å².